The minimum absolute atomic E-state index is 0.151. The molecule has 0 aliphatic heterocycles. The molecule has 2 unspecified atom stereocenters. The van der Waals surface area contributed by atoms with Crippen LogP contribution in [0.1, 0.15) is 49.5 Å². The maximum Gasteiger partial charge on any atom is 0.272 e. The Morgan fingerprint density at radius 3 is 2.83 bits per heavy atom. The van der Waals surface area contributed by atoms with Crippen LogP contribution in [0.4, 0.5) is 5.82 Å². The summed E-state index contributed by atoms with van der Waals surface area (Å²) in [6.07, 6.45) is 5.72. The van der Waals surface area contributed by atoms with Crippen LogP contribution in [0.3, 0.4) is 0 Å². The molecule has 1 aliphatic rings. The van der Waals surface area contributed by atoms with Crippen LogP contribution in [0, 0.1) is 5.92 Å². The molecule has 5 nitrogen and oxygen atoms in total. The highest BCUT2D eigenvalue weighted by Gasteiger charge is 2.19. The van der Waals surface area contributed by atoms with Crippen molar-refractivity contribution in [3.8, 4) is 0 Å². The molecule has 18 heavy (non-hydrogen) atoms. The minimum atomic E-state index is -0.151. The molecule has 1 fully saturated rings. The number of carbonyl (C=O) groups excluding carboxylic acids is 1. The van der Waals surface area contributed by atoms with Crippen LogP contribution in [0.15, 0.2) is 12.1 Å². The molecule has 2 atom stereocenters. The quantitative estimate of drug-likeness (QED) is 0.781. The van der Waals surface area contributed by atoms with Crippen LogP contribution >= 0.6 is 0 Å². The van der Waals surface area contributed by atoms with Crippen LogP contribution < -0.4 is 11.1 Å². The molecular formula is C13H20N4O. The molecule has 0 aromatic carbocycles. The van der Waals surface area contributed by atoms with Crippen molar-refractivity contribution in [3.05, 3.63) is 17.8 Å². The zero-order valence-electron chi connectivity index (χ0n) is 10.7. The minimum Gasteiger partial charge on any atom is -0.382 e. The van der Waals surface area contributed by atoms with E-state index in [0.717, 1.165) is 18.8 Å². The molecule has 1 aromatic rings. The van der Waals surface area contributed by atoms with Crippen molar-refractivity contribution in [1.29, 1.82) is 0 Å². The largest absolute Gasteiger partial charge is 0.382 e. The van der Waals surface area contributed by atoms with Gasteiger partial charge >= 0.3 is 0 Å². The number of rotatable bonds is 2. The third-order valence-electron chi connectivity index (χ3n) is 3.51. The predicted molar refractivity (Wildman–Crippen MR) is 69.9 cm³/mol. The summed E-state index contributed by atoms with van der Waals surface area (Å²) in [5, 5.41) is 10.5. The molecule has 2 rings (SSSR count). The smallest absolute Gasteiger partial charge is 0.272 e. The summed E-state index contributed by atoms with van der Waals surface area (Å²) in [5.41, 5.74) is 5.78. The lowest BCUT2D eigenvalue weighted by Crippen LogP contribution is -2.35. The molecule has 1 aromatic heterocycles. The molecule has 0 bridgehead atoms. The second kappa shape index (κ2) is 5.80. The van der Waals surface area contributed by atoms with E-state index in [-0.39, 0.29) is 11.9 Å². The van der Waals surface area contributed by atoms with Crippen LogP contribution in [0.2, 0.25) is 0 Å². The number of hydrogen-bond acceptors (Lipinski definition) is 4. The Hall–Kier alpha value is -1.65. The van der Waals surface area contributed by atoms with Gasteiger partial charge in [-0.3, -0.25) is 4.79 Å². The van der Waals surface area contributed by atoms with E-state index in [4.69, 9.17) is 5.73 Å². The first-order valence-electron chi connectivity index (χ1n) is 6.55. The maximum atomic E-state index is 12.0. The predicted octanol–water partition coefficient (Wildman–Crippen LogP) is 1.76. The summed E-state index contributed by atoms with van der Waals surface area (Å²) < 4.78 is 0. The molecular weight excluding hydrogens is 228 g/mol. The van der Waals surface area contributed by atoms with E-state index in [0.29, 0.717) is 11.5 Å². The molecule has 1 saturated carbocycles. The molecule has 0 radical (unpaired) electrons. The fourth-order valence-electron chi connectivity index (χ4n) is 2.35. The molecule has 1 amide bonds. The molecule has 1 aliphatic carbocycles. The van der Waals surface area contributed by atoms with Crippen LogP contribution in [-0.4, -0.2) is 22.1 Å². The van der Waals surface area contributed by atoms with E-state index >= 15 is 0 Å². The molecule has 1 heterocycles. The first kappa shape index (κ1) is 12.8. The van der Waals surface area contributed by atoms with Gasteiger partial charge in [-0.15, -0.1) is 10.2 Å². The van der Waals surface area contributed by atoms with Gasteiger partial charge in [0.2, 0.25) is 0 Å². The number of hydrogen-bond donors (Lipinski definition) is 2. The molecule has 0 saturated heterocycles. The van der Waals surface area contributed by atoms with E-state index in [1.807, 2.05) is 0 Å². The number of aromatic nitrogens is 2. The standard InChI is InChI=1S/C13H20N4O/c1-9-3-2-4-10(6-5-9)15-13(18)11-7-8-12(14)17-16-11/h7-10H,2-6H2,1H3,(H2,14,17)(H,15,18). The van der Waals surface area contributed by atoms with Gasteiger partial charge in [-0.05, 0) is 37.3 Å². The van der Waals surface area contributed by atoms with E-state index < -0.39 is 0 Å². The first-order valence-corrected chi connectivity index (χ1v) is 6.55. The Labute approximate surface area is 107 Å². The molecule has 3 N–H and O–H groups in total. The fraction of sp³-hybridized carbons (Fsp3) is 0.615. The van der Waals surface area contributed by atoms with Crippen molar-refractivity contribution in [3.63, 3.8) is 0 Å². The fourth-order valence-corrected chi connectivity index (χ4v) is 2.35. The highest BCUT2D eigenvalue weighted by molar-refractivity contribution is 5.92. The Balaban J connectivity index is 1.92. The lowest BCUT2D eigenvalue weighted by Gasteiger charge is -2.15. The number of nitrogens with one attached hydrogen (secondary N) is 1. The monoisotopic (exact) mass is 248 g/mol. The molecule has 5 heteroatoms. The summed E-state index contributed by atoms with van der Waals surface area (Å²) >= 11 is 0. The van der Waals surface area contributed by atoms with Gasteiger partial charge in [0.25, 0.3) is 5.91 Å². The van der Waals surface area contributed by atoms with Crippen molar-refractivity contribution in [1.82, 2.24) is 15.5 Å². The summed E-state index contributed by atoms with van der Waals surface area (Å²) in [6.45, 7) is 2.27. The van der Waals surface area contributed by atoms with Crippen LogP contribution in [0.25, 0.3) is 0 Å². The van der Waals surface area contributed by atoms with E-state index in [1.54, 1.807) is 12.1 Å². The van der Waals surface area contributed by atoms with Crippen molar-refractivity contribution in [2.24, 2.45) is 5.92 Å². The van der Waals surface area contributed by atoms with E-state index in [1.165, 1.54) is 19.3 Å². The third kappa shape index (κ3) is 3.42. The summed E-state index contributed by atoms with van der Waals surface area (Å²) in [7, 11) is 0. The number of amides is 1. The van der Waals surface area contributed by atoms with Crippen molar-refractivity contribution in [2.75, 3.05) is 5.73 Å². The van der Waals surface area contributed by atoms with Crippen molar-refractivity contribution < 1.29 is 4.79 Å². The lowest BCUT2D eigenvalue weighted by molar-refractivity contribution is 0.0927. The topological polar surface area (TPSA) is 80.9 Å². The van der Waals surface area contributed by atoms with Gasteiger partial charge in [0, 0.05) is 6.04 Å². The van der Waals surface area contributed by atoms with E-state index in [2.05, 4.69) is 22.4 Å². The second-order valence-corrected chi connectivity index (χ2v) is 5.13. The highest BCUT2D eigenvalue weighted by atomic mass is 16.2. The van der Waals surface area contributed by atoms with Gasteiger partial charge in [0.15, 0.2) is 5.69 Å². The Kier molecular flexibility index (Phi) is 4.12. The van der Waals surface area contributed by atoms with Gasteiger partial charge in [-0.2, -0.15) is 0 Å². The number of nitrogen functional groups attached to an aromatic ring is 1. The van der Waals surface area contributed by atoms with Crippen LogP contribution in [-0.2, 0) is 0 Å². The van der Waals surface area contributed by atoms with Crippen molar-refractivity contribution >= 4 is 11.7 Å². The van der Waals surface area contributed by atoms with Gasteiger partial charge in [-0.1, -0.05) is 19.8 Å². The van der Waals surface area contributed by atoms with Gasteiger partial charge in [-0.25, -0.2) is 0 Å². The highest BCUT2D eigenvalue weighted by Crippen LogP contribution is 2.22. The van der Waals surface area contributed by atoms with Gasteiger partial charge in [0.05, 0.1) is 0 Å². The van der Waals surface area contributed by atoms with Crippen LogP contribution in [0.5, 0.6) is 0 Å². The van der Waals surface area contributed by atoms with E-state index in [9.17, 15) is 4.79 Å². The Bertz CT molecular complexity index is 404. The van der Waals surface area contributed by atoms with Gasteiger partial charge in [0.1, 0.15) is 5.82 Å². The number of nitrogens with zero attached hydrogens (tertiary/aromatic N) is 2. The average molecular weight is 248 g/mol. The maximum absolute atomic E-state index is 12.0. The third-order valence-corrected chi connectivity index (χ3v) is 3.51. The molecule has 0 spiro atoms. The SMILES string of the molecule is CC1CCCC(NC(=O)c2ccc(N)nn2)CC1. The Morgan fingerprint density at radius 1 is 1.28 bits per heavy atom. The number of anilines is 1. The normalized spacial score (nSPS) is 24.3. The second-order valence-electron chi connectivity index (χ2n) is 5.13. The Morgan fingerprint density at radius 2 is 2.11 bits per heavy atom. The first-order chi connectivity index (χ1) is 8.65. The van der Waals surface area contributed by atoms with Gasteiger partial charge < -0.3 is 11.1 Å². The number of carbonyl (C=O) groups is 1. The summed E-state index contributed by atoms with van der Waals surface area (Å²) in [6, 6.07) is 3.47. The molecule has 98 valence electrons. The zero-order chi connectivity index (χ0) is 13.0. The lowest BCUT2D eigenvalue weighted by atomic mass is 10.0. The number of nitrogens with two attached hydrogens (primary N) is 1. The summed E-state index contributed by atoms with van der Waals surface area (Å²) in [4.78, 5) is 12.0. The summed E-state index contributed by atoms with van der Waals surface area (Å²) in [5.74, 6) is 0.945. The zero-order valence-corrected chi connectivity index (χ0v) is 10.7. The van der Waals surface area contributed by atoms with Crippen molar-refractivity contribution in [2.45, 2.75) is 45.1 Å². The average Bonchev–Trinajstić information content (AvgIpc) is 2.55.